The second kappa shape index (κ2) is 11.3. The topological polar surface area (TPSA) is 88.0 Å². The number of piperidine rings is 1. The monoisotopic (exact) mass is 617 g/mol. The van der Waals surface area contributed by atoms with E-state index >= 15 is 0 Å². The Labute approximate surface area is 250 Å². The Bertz CT molecular complexity index is 1600. The number of alkyl halides is 3. The fourth-order valence-electron chi connectivity index (χ4n) is 5.90. The first-order chi connectivity index (χ1) is 20.1. The third kappa shape index (κ3) is 5.35. The van der Waals surface area contributed by atoms with Gasteiger partial charge in [-0.3, -0.25) is 4.57 Å². The molecule has 0 bridgehead atoms. The number of anilines is 1. The first-order valence-corrected chi connectivity index (χ1v) is 14.6. The van der Waals surface area contributed by atoms with Gasteiger partial charge >= 0.3 is 12.2 Å². The first kappa shape index (κ1) is 28.5. The SMILES string of the molecule is O=C(NC1CCN(c2ncnc3c2nc(-c2ccccc2Cl)n3-c2ccc(Cl)cc2)CC1)NC1(C(F)(F)F)CCCC1. The van der Waals surface area contributed by atoms with E-state index in [9.17, 15) is 18.0 Å². The fraction of sp³-hybridized carbons (Fsp3) is 0.379. The van der Waals surface area contributed by atoms with Gasteiger partial charge in [0.05, 0.1) is 5.02 Å². The average molecular weight is 618 g/mol. The molecule has 0 spiro atoms. The predicted molar refractivity (Wildman–Crippen MR) is 156 cm³/mol. The van der Waals surface area contributed by atoms with E-state index < -0.39 is 17.7 Å². The molecule has 2 fully saturated rings. The van der Waals surface area contributed by atoms with Gasteiger partial charge in [-0.25, -0.2) is 19.7 Å². The van der Waals surface area contributed by atoms with Crippen LogP contribution in [0.4, 0.5) is 23.8 Å². The van der Waals surface area contributed by atoms with Crippen molar-refractivity contribution in [2.24, 2.45) is 0 Å². The van der Waals surface area contributed by atoms with Crippen molar-refractivity contribution < 1.29 is 18.0 Å². The van der Waals surface area contributed by atoms with Gasteiger partial charge in [0.25, 0.3) is 0 Å². The Morgan fingerprint density at radius 1 is 0.976 bits per heavy atom. The second-order valence-corrected chi connectivity index (χ2v) is 11.6. The third-order valence-electron chi connectivity index (χ3n) is 8.11. The molecule has 6 rings (SSSR count). The maximum absolute atomic E-state index is 13.7. The van der Waals surface area contributed by atoms with Gasteiger partial charge in [0.1, 0.15) is 17.7 Å². The van der Waals surface area contributed by atoms with E-state index in [2.05, 4.69) is 25.5 Å². The van der Waals surface area contributed by atoms with Crippen LogP contribution in [0, 0.1) is 0 Å². The number of nitrogens with one attached hydrogen (secondary N) is 2. The minimum absolute atomic E-state index is 0.0923. The van der Waals surface area contributed by atoms with Crippen LogP contribution < -0.4 is 15.5 Å². The zero-order valence-electron chi connectivity index (χ0n) is 22.5. The van der Waals surface area contributed by atoms with Crippen molar-refractivity contribution in [2.75, 3.05) is 18.0 Å². The lowest BCUT2D eigenvalue weighted by Crippen LogP contribution is -2.60. The Kier molecular flexibility index (Phi) is 7.65. The molecule has 2 aliphatic rings. The molecule has 1 aliphatic heterocycles. The summed E-state index contributed by atoms with van der Waals surface area (Å²) in [6, 6.07) is 13.7. The summed E-state index contributed by atoms with van der Waals surface area (Å²) in [4.78, 5) is 28.8. The molecule has 1 saturated heterocycles. The van der Waals surface area contributed by atoms with Crippen LogP contribution >= 0.6 is 23.2 Å². The summed E-state index contributed by atoms with van der Waals surface area (Å²) in [6.45, 7) is 1.05. The van der Waals surface area contributed by atoms with Crippen LogP contribution in [-0.2, 0) is 0 Å². The standard InChI is InChI=1S/C29H28Cl2F3N7O/c30-18-7-9-20(10-8-18)41-24(21-5-1-2-6-22(21)31)38-23-25(35-17-36-26(23)41)40-15-11-19(12-16-40)37-27(42)39-28(29(32,33)34)13-3-4-14-28/h1-2,5-10,17,19H,3-4,11-16H2,(H2,37,39,42). The van der Waals surface area contributed by atoms with Gasteiger partial charge in [0, 0.05) is 35.4 Å². The van der Waals surface area contributed by atoms with Crippen molar-refractivity contribution in [3.05, 3.63) is 64.9 Å². The number of imidazole rings is 1. The lowest BCUT2D eigenvalue weighted by Gasteiger charge is -2.35. The molecular weight excluding hydrogens is 590 g/mol. The van der Waals surface area contributed by atoms with Crippen LogP contribution in [0.25, 0.3) is 28.2 Å². The summed E-state index contributed by atoms with van der Waals surface area (Å²) in [5.74, 6) is 1.23. The number of carbonyl (C=O) groups is 1. The smallest absolute Gasteiger partial charge is 0.355 e. The number of hydrogen-bond donors (Lipinski definition) is 2. The third-order valence-corrected chi connectivity index (χ3v) is 8.69. The molecule has 2 aromatic carbocycles. The molecule has 1 saturated carbocycles. The number of carbonyl (C=O) groups excluding carboxylic acids is 1. The minimum Gasteiger partial charge on any atom is -0.355 e. The summed E-state index contributed by atoms with van der Waals surface area (Å²) >= 11 is 12.7. The second-order valence-electron chi connectivity index (χ2n) is 10.7. The highest BCUT2D eigenvalue weighted by Crippen LogP contribution is 2.43. The number of halogens is 5. The minimum atomic E-state index is -4.49. The predicted octanol–water partition coefficient (Wildman–Crippen LogP) is 6.93. The van der Waals surface area contributed by atoms with Crippen LogP contribution in [-0.4, -0.2) is 56.4 Å². The van der Waals surface area contributed by atoms with Crippen LogP contribution in [0.15, 0.2) is 54.9 Å². The van der Waals surface area contributed by atoms with Gasteiger partial charge < -0.3 is 15.5 Å². The molecular formula is C29H28Cl2F3N7O. The van der Waals surface area contributed by atoms with Crippen molar-refractivity contribution in [1.29, 1.82) is 0 Å². The number of aromatic nitrogens is 4. The van der Waals surface area contributed by atoms with Gasteiger partial charge in [-0.05, 0) is 62.1 Å². The molecule has 0 unspecified atom stereocenters. The Morgan fingerprint density at radius 3 is 2.33 bits per heavy atom. The lowest BCUT2D eigenvalue weighted by atomic mass is 9.97. The van der Waals surface area contributed by atoms with E-state index in [1.54, 1.807) is 18.2 Å². The normalized spacial score (nSPS) is 17.5. The number of rotatable bonds is 5. The Balaban J connectivity index is 1.24. The number of hydrogen-bond acceptors (Lipinski definition) is 5. The van der Waals surface area contributed by atoms with E-state index in [0.717, 1.165) is 11.3 Å². The van der Waals surface area contributed by atoms with Gasteiger partial charge in [-0.2, -0.15) is 13.2 Å². The molecule has 2 N–H and O–H groups in total. The largest absolute Gasteiger partial charge is 0.411 e. The highest BCUT2D eigenvalue weighted by Gasteiger charge is 2.57. The van der Waals surface area contributed by atoms with Gasteiger partial charge in [-0.1, -0.05) is 48.2 Å². The van der Waals surface area contributed by atoms with Crippen LogP contribution in [0.5, 0.6) is 0 Å². The van der Waals surface area contributed by atoms with Crippen LogP contribution in [0.3, 0.4) is 0 Å². The molecule has 8 nitrogen and oxygen atoms in total. The lowest BCUT2D eigenvalue weighted by molar-refractivity contribution is -0.191. The average Bonchev–Trinajstić information content (AvgIpc) is 3.60. The Hall–Kier alpha value is -3.57. The van der Waals surface area contributed by atoms with E-state index in [1.165, 1.54) is 6.33 Å². The molecule has 0 atom stereocenters. The van der Waals surface area contributed by atoms with E-state index in [1.807, 2.05) is 34.9 Å². The molecule has 13 heteroatoms. The number of urea groups is 1. The summed E-state index contributed by atoms with van der Waals surface area (Å²) in [5.41, 5.74) is 0.554. The van der Waals surface area contributed by atoms with Crippen LogP contribution in [0.1, 0.15) is 38.5 Å². The zero-order valence-corrected chi connectivity index (χ0v) is 24.0. The van der Waals surface area contributed by atoms with Crippen molar-refractivity contribution in [1.82, 2.24) is 30.2 Å². The van der Waals surface area contributed by atoms with E-state index in [-0.39, 0.29) is 18.9 Å². The van der Waals surface area contributed by atoms with Crippen molar-refractivity contribution >= 4 is 46.2 Å². The van der Waals surface area contributed by atoms with Crippen molar-refractivity contribution in [2.45, 2.75) is 56.3 Å². The molecule has 4 aromatic rings. The van der Waals surface area contributed by atoms with Crippen LogP contribution in [0.2, 0.25) is 10.0 Å². The number of amides is 2. The first-order valence-electron chi connectivity index (χ1n) is 13.8. The summed E-state index contributed by atoms with van der Waals surface area (Å²) in [7, 11) is 0. The van der Waals surface area contributed by atoms with E-state index in [4.69, 9.17) is 28.2 Å². The number of benzene rings is 2. The molecule has 42 heavy (non-hydrogen) atoms. The summed E-state index contributed by atoms with van der Waals surface area (Å²) < 4.78 is 43.1. The molecule has 2 amide bonds. The fourth-order valence-corrected chi connectivity index (χ4v) is 6.25. The maximum atomic E-state index is 13.7. The maximum Gasteiger partial charge on any atom is 0.411 e. The summed E-state index contributed by atoms with van der Waals surface area (Å²) in [6.07, 6.45) is -1.23. The highest BCUT2D eigenvalue weighted by atomic mass is 35.5. The quantitative estimate of drug-likeness (QED) is 0.253. The van der Waals surface area contributed by atoms with Crippen molar-refractivity contribution in [3.8, 4) is 17.1 Å². The Morgan fingerprint density at radius 2 is 1.67 bits per heavy atom. The summed E-state index contributed by atoms with van der Waals surface area (Å²) in [5, 5.41) is 6.15. The van der Waals surface area contributed by atoms with Gasteiger partial charge in [0.15, 0.2) is 17.0 Å². The van der Waals surface area contributed by atoms with E-state index in [0.29, 0.717) is 71.6 Å². The zero-order chi connectivity index (χ0) is 29.5. The van der Waals surface area contributed by atoms with Gasteiger partial charge in [0.2, 0.25) is 0 Å². The van der Waals surface area contributed by atoms with Crippen molar-refractivity contribution in [3.63, 3.8) is 0 Å². The molecule has 3 heterocycles. The number of fused-ring (bicyclic) bond motifs is 1. The molecule has 2 aromatic heterocycles. The molecule has 220 valence electrons. The number of nitrogens with zero attached hydrogens (tertiary/aromatic N) is 5. The highest BCUT2D eigenvalue weighted by molar-refractivity contribution is 6.33. The van der Waals surface area contributed by atoms with Gasteiger partial charge in [-0.15, -0.1) is 0 Å². The molecule has 0 radical (unpaired) electrons. The molecule has 1 aliphatic carbocycles.